The molecule has 39 heavy (non-hydrogen) atoms. The van der Waals surface area contributed by atoms with Gasteiger partial charge in [0.25, 0.3) is 5.91 Å². The number of nitrogens with zero attached hydrogens (tertiary/aromatic N) is 3. The summed E-state index contributed by atoms with van der Waals surface area (Å²) >= 11 is 0. The summed E-state index contributed by atoms with van der Waals surface area (Å²) in [5, 5.41) is 2.38. The highest BCUT2D eigenvalue weighted by molar-refractivity contribution is 6.05. The van der Waals surface area contributed by atoms with Crippen molar-refractivity contribution in [2.45, 2.75) is 76.7 Å². The zero-order chi connectivity index (χ0) is 26.8. The number of hydrogen-bond acceptors (Lipinski definition) is 7. The fraction of sp³-hybridized carbons (Fsp3) is 0.700. The number of hydrogen-bond donors (Lipinski definition) is 1. The summed E-state index contributed by atoms with van der Waals surface area (Å²) in [6.07, 6.45) is 9.22. The van der Waals surface area contributed by atoms with E-state index in [0.29, 0.717) is 24.4 Å². The molecule has 0 spiro atoms. The maximum Gasteiger partial charge on any atom is 0.255 e. The third-order valence-electron chi connectivity index (χ3n) is 9.39. The Morgan fingerprint density at radius 2 is 1.72 bits per heavy atom. The fourth-order valence-corrected chi connectivity index (χ4v) is 6.96. The third-order valence-corrected chi connectivity index (χ3v) is 9.39. The molecule has 1 saturated carbocycles. The first-order chi connectivity index (χ1) is 19.0. The molecule has 1 aromatic rings. The topological polar surface area (TPSA) is 91.4 Å². The number of piperidine rings is 1. The van der Waals surface area contributed by atoms with Crippen molar-refractivity contribution in [1.29, 1.82) is 0 Å². The Hall–Kier alpha value is -2.49. The molecule has 1 N–H and O–H groups in total. The quantitative estimate of drug-likeness (QED) is 0.534. The molecule has 3 amide bonds. The molecule has 4 aliphatic heterocycles. The lowest BCUT2D eigenvalue weighted by Crippen LogP contribution is -2.52. The molecule has 1 aromatic carbocycles. The number of imide groups is 1. The van der Waals surface area contributed by atoms with Crippen LogP contribution >= 0.6 is 0 Å². The molecule has 0 bridgehead atoms. The molecule has 5 aliphatic rings. The summed E-state index contributed by atoms with van der Waals surface area (Å²) in [6.45, 7) is 7.28. The molecule has 2 atom stereocenters. The van der Waals surface area contributed by atoms with Crippen molar-refractivity contribution in [1.82, 2.24) is 15.1 Å². The zero-order valence-corrected chi connectivity index (χ0v) is 22.9. The number of amides is 3. The average Bonchev–Trinajstić information content (AvgIpc) is 3.29. The molecule has 4 heterocycles. The van der Waals surface area contributed by atoms with Gasteiger partial charge in [0.15, 0.2) is 6.29 Å². The van der Waals surface area contributed by atoms with E-state index in [0.717, 1.165) is 69.4 Å². The number of rotatable bonds is 7. The van der Waals surface area contributed by atoms with E-state index < -0.39 is 6.04 Å². The maximum absolute atomic E-state index is 13.2. The van der Waals surface area contributed by atoms with E-state index in [4.69, 9.17) is 9.47 Å². The van der Waals surface area contributed by atoms with Gasteiger partial charge in [0.05, 0.1) is 6.61 Å². The number of carbonyl (C=O) groups excluding carboxylic acids is 3. The number of nitrogens with one attached hydrogen (secondary N) is 1. The Bertz CT molecular complexity index is 1060. The number of piperazine rings is 1. The van der Waals surface area contributed by atoms with Gasteiger partial charge in [0, 0.05) is 63.5 Å². The van der Waals surface area contributed by atoms with Gasteiger partial charge in [0.2, 0.25) is 11.8 Å². The van der Waals surface area contributed by atoms with E-state index in [9.17, 15) is 14.4 Å². The second kappa shape index (κ2) is 11.9. The van der Waals surface area contributed by atoms with E-state index in [-0.39, 0.29) is 30.4 Å². The molecular weight excluding hydrogens is 496 g/mol. The number of carbonyl (C=O) groups is 3. The molecule has 9 nitrogen and oxygen atoms in total. The van der Waals surface area contributed by atoms with Crippen LogP contribution in [0.5, 0.6) is 0 Å². The van der Waals surface area contributed by atoms with Crippen LogP contribution in [0.4, 0.5) is 5.69 Å². The van der Waals surface area contributed by atoms with Crippen molar-refractivity contribution < 1.29 is 23.9 Å². The van der Waals surface area contributed by atoms with Crippen LogP contribution in [0.3, 0.4) is 0 Å². The first kappa shape index (κ1) is 26.7. The van der Waals surface area contributed by atoms with Crippen molar-refractivity contribution in [2.24, 2.45) is 11.8 Å². The molecule has 3 saturated heterocycles. The summed E-state index contributed by atoms with van der Waals surface area (Å²) in [5.74, 6) is 0.725. The first-order valence-electron chi connectivity index (χ1n) is 15.0. The predicted molar refractivity (Wildman–Crippen MR) is 146 cm³/mol. The van der Waals surface area contributed by atoms with Crippen molar-refractivity contribution in [3.63, 3.8) is 0 Å². The molecular formula is C30H42N4O5. The predicted octanol–water partition coefficient (Wildman–Crippen LogP) is 2.92. The van der Waals surface area contributed by atoms with Gasteiger partial charge >= 0.3 is 0 Å². The van der Waals surface area contributed by atoms with E-state index >= 15 is 0 Å². The van der Waals surface area contributed by atoms with Crippen LogP contribution in [0, 0.1) is 11.8 Å². The van der Waals surface area contributed by atoms with Gasteiger partial charge < -0.3 is 19.3 Å². The number of ether oxygens (including phenoxy) is 2. The zero-order valence-electron chi connectivity index (χ0n) is 22.9. The molecule has 0 radical (unpaired) electrons. The summed E-state index contributed by atoms with van der Waals surface area (Å²) in [5.41, 5.74) is 2.73. The van der Waals surface area contributed by atoms with E-state index in [2.05, 4.69) is 21.2 Å². The van der Waals surface area contributed by atoms with Crippen LogP contribution < -0.4 is 10.2 Å². The number of anilines is 1. The monoisotopic (exact) mass is 538 g/mol. The van der Waals surface area contributed by atoms with Crippen molar-refractivity contribution >= 4 is 23.4 Å². The minimum absolute atomic E-state index is 0.0286. The van der Waals surface area contributed by atoms with Crippen LogP contribution in [-0.4, -0.2) is 85.8 Å². The Labute approximate surface area is 231 Å². The lowest BCUT2D eigenvalue weighted by molar-refractivity contribution is -0.170. The van der Waals surface area contributed by atoms with Gasteiger partial charge in [-0.15, -0.1) is 0 Å². The van der Waals surface area contributed by atoms with Gasteiger partial charge in [0.1, 0.15) is 6.04 Å². The maximum atomic E-state index is 13.2. The van der Waals surface area contributed by atoms with E-state index in [1.54, 1.807) is 4.90 Å². The average molecular weight is 539 g/mol. The Morgan fingerprint density at radius 1 is 0.923 bits per heavy atom. The third kappa shape index (κ3) is 6.15. The second-order valence-corrected chi connectivity index (χ2v) is 12.0. The largest absolute Gasteiger partial charge is 0.369 e. The molecule has 6 rings (SSSR count). The Balaban J connectivity index is 0.949. The Morgan fingerprint density at radius 3 is 2.46 bits per heavy atom. The molecule has 2 unspecified atom stereocenters. The molecule has 1 aliphatic carbocycles. The van der Waals surface area contributed by atoms with E-state index in [1.165, 1.54) is 38.6 Å². The first-order valence-corrected chi connectivity index (χ1v) is 15.0. The lowest BCUT2D eigenvalue weighted by atomic mass is 9.82. The highest BCUT2D eigenvalue weighted by Gasteiger charge is 2.39. The van der Waals surface area contributed by atoms with Crippen LogP contribution in [0.1, 0.15) is 73.7 Å². The van der Waals surface area contributed by atoms with Crippen LogP contribution in [0.2, 0.25) is 0 Å². The van der Waals surface area contributed by atoms with Crippen LogP contribution in [0.25, 0.3) is 0 Å². The highest BCUT2D eigenvalue weighted by atomic mass is 16.7. The van der Waals surface area contributed by atoms with Gasteiger partial charge in [-0.3, -0.25) is 24.6 Å². The molecule has 212 valence electrons. The Kier molecular flexibility index (Phi) is 8.18. The molecule has 9 heteroatoms. The van der Waals surface area contributed by atoms with Gasteiger partial charge in [-0.1, -0.05) is 6.07 Å². The van der Waals surface area contributed by atoms with Crippen molar-refractivity contribution in [3.05, 3.63) is 29.3 Å². The highest BCUT2D eigenvalue weighted by Crippen LogP contribution is 2.33. The van der Waals surface area contributed by atoms with Crippen LogP contribution in [0.15, 0.2) is 18.2 Å². The second-order valence-electron chi connectivity index (χ2n) is 12.0. The van der Waals surface area contributed by atoms with Gasteiger partial charge in [-0.2, -0.15) is 0 Å². The molecule has 0 aromatic heterocycles. The van der Waals surface area contributed by atoms with Gasteiger partial charge in [-0.25, -0.2) is 0 Å². The minimum Gasteiger partial charge on any atom is -0.369 e. The van der Waals surface area contributed by atoms with Crippen molar-refractivity contribution in [3.8, 4) is 0 Å². The van der Waals surface area contributed by atoms with Crippen molar-refractivity contribution in [2.75, 3.05) is 50.8 Å². The normalized spacial score (nSPS) is 30.4. The minimum atomic E-state index is -0.567. The standard InChI is InChI=1S/C30H42N4O5/c35-27-11-10-26(29(36)31-27)34-19-23-8-9-24(17-25(23)30(34)37)33-14-12-32(13-15-33)18-21-4-6-22(7-5-21)20-39-28-3-1-2-16-38-28/h8-9,17,21-22,26,28H,1-7,10-16,18-20H2,(H,31,35,36)/t21-,22-,26?,28?. The number of benzene rings is 1. The molecule has 4 fully saturated rings. The number of fused-ring (bicyclic) bond motifs is 1. The summed E-state index contributed by atoms with van der Waals surface area (Å²) in [7, 11) is 0. The smallest absolute Gasteiger partial charge is 0.255 e. The SMILES string of the molecule is O=C1CCC(N2Cc3ccc(N4CCN(C[C@H]5CC[C@H](COC6CCCCO6)CC5)CC4)cc3C2=O)C(=O)N1. The lowest BCUT2D eigenvalue weighted by Gasteiger charge is -2.39. The fourth-order valence-electron chi connectivity index (χ4n) is 6.96. The van der Waals surface area contributed by atoms with E-state index in [1.807, 2.05) is 12.1 Å². The summed E-state index contributed by atoms with van der Waals surface area (Å²) < 4.78 is 11.8. The summed E-state index contributed by atoms with van der Waals surface area (Å²) in [6, 6.07) is 5.57. The summed E-state index contributed by atoms with van der Waals surface area (Å²) in [4.78, 5) is 43.7. The van der Waals surface area contributed by atoms with Gasteiger partial charge in [-0.05, 0) is 80.9 Å². The van der Waals surface area contributed by atoms with Crippen LogP contribution in [-0.2, 0) is 25.6 Å².